The van der Waals surface area contributed by atoms with Crippen molar-refractivity contribution in [3.63, 3.8) is 0 Å². The number of pyridine rings is 2. The van der Waals surface area contributed by atoms with Crippen molar-refractivity contribution < 1.29 is 1.37 Å². The van der Waals surface area contributed by atoms with Crippen molar-refractivity contribution >= 4 is 33.9 Å². The molecule has 0 aliphatic carbocycles. The maximum atomic E-state index is 9.94. The number of nitriles is 1. The van der Waals surface area contributed by atoms with Crippen molar-refractivity contribution in [2.24, 2.45) is 0 Å². The van der Waals surface area contributed by atoms with E-state index in [1.165, 1.54) is 0 Å². The molecule has 0 amide bonds. The Bertz CT molecular complexity index is 1550. The summed E-state index contributed by atoms with van der Waals surface area (Å²) < 4.78 is 9.51. The highest BCUT2D eigenvalue weighted by Crippen LogP contribution is 2.37. The number of rotatable bonds is 8. The van der Waals surface area contributed by atoms with E-state index in [0.29, 0.717) is 49.8 Å². The molecular formula is C28H27ClN8. The molecule has 0 fully saturated rings. The molecule has 5 N–H and O–H groups in total. The zero-order valence-electron chi connectivity index (χ0n) is 21.4. The van der Waals surface area contributed by atoms with Crippen LogP contribution >= 0.6 is 11.6 Å². The van der Waals surface area contributed by atoms with Crippen molar-refractivity contribution in [1.82, 2.24) is 26.4 Å². The van der Waals surface area contributed by atoms with Crippen molar-refractivity contribution in [3.8, 4) is 6.07 Å². The van der Waals surface area contributed by atoms with Crippen LogP contribution in [0.4, 0.5) is 11.4 Å². The first kappa shape index (κ1) is 23.1. The van der Waals surface area contributed by atoms with Crippen LogP contribution in [0.25, 0.3) is 10.9 Å². The smallest absolute Gasteiger partial charge is 0.103 e. The number of hydrogen-bond acceptors (Lipinski definition) is 8. The third kappa shape index (κ3) is 5.00. The van der Waals surface area contributed by atoms with Crippen LogP contribution in [-0.2, 0) is 0 Å². The van der Waals surface area contributed by atoms with Gasteiger partial charge >= 0.3 is 0 Å². The quantitative estimate of drug-likeness (QED) is 0.207. The SMILES string of the molecule is [2H]C(Nc1cc(Cl)c2ncc(C#N)c(N[C@H](CC)c3ccccc3)c2c1)(C1=CNNN1)c1cccnc1C. The fraction of sp³-hybridized carbons (Fsp3) is 0.179. The second kappa shape index (κ2) is 10.7. The van der Waals surface area contributed by atoms with Crippen LogP contribution in [0.5, 0.6) is 0 Å². The van der Waals surface area contributed by atoms with Crippen LogP contribution in [0.15, 0.2) is 78.9 Å². The van der Waals surface area contributed by atoms with E-state index in [1.54, 1.807) is 30.7 Å². The molecule has 0 saturated heterocycles. The van der Waals surface area contributed by atoms with Gasteiger partial charge in [0.1, 0.15) is 6.07 Å². The van der Waals surface area contributed by atoms with E-state index in [1.807, 2.05) is 37.3 Å². The van der Waals surface area contributed by atoms with Crippen molar-refractivity contribution in [2.75, 3.05) is 10.6 Å². The summed E-state index contributed by atoms with van der Waals surface area (Å²) in [5, 5.41) is 17.9. The number of nitrogens with one attached hydrogen (secondary N) is 5. The lowest BCUT2D eigenvalue weighted by molar-refractivity contribution is 0.582. The number of hydrazine groups is 2. The van der Waals surface area contributed by atoms with Gasteiger partial charge in [-0.05, 0) is 37.1 Å². The number of anilines is 2. The number of hydrogen-bond donors (Lipinski definition) is 5. The van der Waals surface area contributed by atoms with Gasteiger partial charge in [-0.1, -0.05) is 54.9 Å². The molecule has 3 heterocycles. The first-order chi connectivity index (χ1) is 18.4. The van der Waals surface area contributed by atoms with E-state index in [4.69, 9.17) is 11.6 Å². The van der Waals surface area contributed by atoms with Crippen molar-refractivity contribution in [2.45, 2.75) is 32.3 Å². The summed E-state index contributed by atoms with van der Waals surface area (Å²) in [7, 11) is 0. The van der Waals surface area contributed by atoms with E-state index in [-0.39, 0.29) is 6.04 Å². The van der Waals surface area contributed by atoms with E-state index >= 15 is 0 Å². The van der Waals surface area contributed by atoms with Gasteiger partial charge in [-0.25, -0.2) is 0 Å². The van der Waals surface area contributed by atoms with Crippen LogP contribution < -0.4 is 27.0 Å². The van der Waals surface area contributed by atoms with E-state index < -0.39 is 6.02 Å². The monoisotopic (exact) mass is 511 g/mol. The topological polar surface area (TPSA) is 110 Å². The first-order valence-electron chi connectivity index (χ1n) is 12.5. The highest BCUT2D eigenvalue weighted by molar-refractivity contribution is 6.35. The Hall–Kier alpha value is -4.32. The predicted octanol–water partition coefficient (Wildman–Crippen LogP) is 5.63. The minimum absolute atomic E-state index is 0.0254. The first-order valence-corrected chi connectivity index (χ1v) is 12.3. The third-order valence-electron chi connectivity index (χ3n) is 6.27. The number of aromatic nitrogens is 2. The Kier molecular flexibility index (Phi) is 6.71. The van der Waals surface area contributed by atoms with Crippen LogP contribution in [0.3, 0.4) is 0 Å². The molecule has 8 nitrogen and oxygen atoms in total. The summed E-state index contributed by atoms with van der Waals surface area (Å²) in [4.78, 5) is 8.88. The van der Waals surface area contributed by atoms with Gasteiger partial charge < -0.3 is 21.5 Å². The second-order valence-electron chi connectivity index (χ2n) is 8.62. The fourth-order valence-corrected chi connectivity index (χ4v) is 4.68. The largest absolute Gasteiger partial charge is 0.377 e. The molecule has 2 aromatic heterocycles. The second-order valence-corrected chi connectivity index (χ2v) is 9.02. The Morgan fingerprint density at radius 1 is 1.14 bits per heavy atom. The molecule has 186 valence electrons. The molecule has 0 bridgehead atoms. The minimum atomic E-state index is -1.43. The predicted molar refractivity (Wildman–Crippen MR) is 147 cm³/mol. The number of benzene rings is 2. The van der Waals surface area contributed by atoms with Gasteiger partial charge in [0.2, 0.25) is 0 Å². The minimum Gasteiger partial charge on any atom is -0.377 e. The Morgan fingerprint density at radius 3 is 2.68 bits per heavy atom. The Labute approximate surface area is 222 Å². The van der Waals surface area contributed by atoms with Crippen LogP contribution in [0.1, 0.15) is 49.2 Å². The van der Waals surface area contributed by atoms with E-state index in [9.17, 15) is 6.63 Å². The van der Waals surface area contributed by atoms with Crippen LogP contribution in [0, 0.1) is 18.3 Å². The molecule has 4 aromatic rings. The zero-order valence-corrected chi connectivity index (χ0v) is 21.2. The molecule has 0 saturated carbocycles. The van der Waals surface area contributed by atoms with Crippen LogP contribution in [0.2, 0.25) is 5.02 Å². The number of nitrogens with zero attached hydrogens (tertiary/aromatic N) is 3. The standard InChI is InChI=1S/C28H27ClN8/c1-3-24(18-8-5-4-6-9-18)35-26-19(14-30)15-32-27-22(26)12-20(13-23(27)29)34-28(25-16-33-37-36-25)21-10-7-11-31-17(21)2/h4-13,15-16,24,28,33-34,36-37H,3H2,1-2H3,(H,32,35)/t24-,28?/m1/s1/i28D. The van der Waals surface area contributed by atoms with E-state index in [2.05, 4.69) is 62.1 Å². The number of halogens is 1. The highest BCUT2D eigenvalue weighted by atomic mass is 35.5. The summed E-state index contributed by atoms with van der Waals surface area (Å²) in [6, 6.07) is 18.2. The van der Waals surface area contributed by atoms with Gasteiger partial charge in [-0.15, -0.1) is 0 Å². The molecule has 37 heavy (non-hydrogen) atoms. The zero-order chi connectivity index (χ0) is 26.7. The van der Waals surface area contributed by atoms with Crippen LogP contribution in [-0.4, -0.2) is 9.97 Å². The maximum absolute atomic E-state index is 9.94. The average molecular weight is 512 g/mol. The summed E-state index contributed by atoms with van der Waals surface area (Å²) in [6.45, 7) is 3.96. The number of fused-ring (bicyclic) bond motifs is 1. The van der Waals surface area contributed by atoms with Gasteiger partial charge in [0.15, 0.2) is 0 Å². The molecule has 0 radical (unpaired) electrons. The summed E-state index contributed by atoms with van der Waals surface area (Å²) in [5.74, 6) is 0. The number of aryl methyl sites for hydroxylation is 1. The van der Waals surface area contributed by atoms with Gasteiger partial charge in [0.25, 0.3) is 0 Å². The summed E-state index contributed by atoms with van der Waals surface area (Å²) in [5.41, 5.74) is 13.9. The third-order valence-corrected chi connectivity index (χ3v) is 6.56. The molecular weight excluding hydrogens is 484 g/mol. The maximum Gasteiger partial charge on any atom is 0.103 e. The normalized spacial score (nSPS) is 15.4. The van der Waals surface area contributed by atoms with Gasteiger partial charge in [0, 0.05) is 40.9 Å². The van der Waals surface area contributed by atoms with Gasteiger partial charge in [0.05, 0.1) is 40.9 Å². The molecule has 1 unspecified atom stereocenters. The average Bonchev–Trinajstić information content (AvgIpc) is 3.48. The molecule has 1 aliphatic heterocycles. The fourth-order valence-electron chi connectivity index (χ4n) is 4.41. The molecule has 0 spiro atoms. The Balaban J connectivity index is 1.63. The molecule has 1 aliphatic rings. The Morgan fingerprint density at radius 2 is 1.97 bits per heavy atom. The van der Waals surface area contributed by atoms with Crippen molar-refractivity contribution in [1.29, 1.82) is 5.26 Å². The molecule has 2 aromatic carbocycles. The summed E-state index contributed by atoms with van der Waals surface area (Å²) in [6.07, 6.45) is 5.73. The lowest BCUT2D eigenvalue weighted by atomic mass is 10.0. The van der Waals surface area contributed by atoms with Gasteiger partial charge in [-0.2, -0.15) is 10.8 Å². The van der Waals surface area contributed by atoms with Gasteiger partial charge in [-0.3, -0.25) is 9.97 Å². The molecule has 5 rings (SSSR count). The summed E-state index contributed by atoms with van der Waals surface area (Å²) >= 11 is 6.74. The van der Waals surface area contributed by atoms with E-state index in [0.717, 1.165) is 12.0 Å². The lowest BCUT2D eigenvalue weighted by Gasteiger charge is -2.24. The van der Waals surface area contributed by atoms with Crippen molar-refractivity contribution in [3.05, 3.63) is 106 Å². The molecule has 9 heteroatoms. The lowest BCUT2D eigenvalue weighted by Crippen LogP contribution is -2.34. The molecule has 2 atom stereocenters. The highest BCUT2D eigenvalue weighted by Gasteiger charge is 2.23.